The number of carbonyl (C=O) groups is 1. The van der Waals surface area contributed by atoms with Gasteiger partial charge in [-0.25, -0.2) is 0 Å². The minimum absolute atomic E-state index is 0.109. The van der Waals surface area contributed by atoms with Crippen molar-refractivity contribution in [3.8, 4) is 0 Å². The third kappa shape index (κ3) is 3.13. The number of carbonyl (C=O) groups excluding carboxylic acids is 1. The first kappa shape index (κ1) is 14.0. The number of thiophene rings is 1. The predicted octanol–water partition coefficient (Wildman–Crippen LogP) is 3.13. The average molecular weight is 332 g/mol. The van der Waals surface area contributed by atoms with Crippen LogP contribution in [-0.2, 0) is 0 Å². The lowest BCUT2D eigenvalue weighted by Crippen LogP contribution is -2.39. The monoisotopic (exact) mass is 331 g/mol. The molecule has 1 N–H and O–H groups in total. The van der Waals surface area contributed by atoms with E-state index >= 15 is 0 Å². The van der Waals surface area contributed by atoms with Crippen LogP contribution in [0.5, 0.6) is 0 Å². The highest BCUT2D eigenvalue weighted by molar-refractivity contribution is 9.10. The molecule has 2 rings (SSSR count). The van der Waals surface area contributed by atoms with Crippen LogP contribution in [0.3, 0.4) is 0 Å². The molecule has 0 saturated heterocycles. The number of halogens is 1. The summed E-state index contributed by atoms with van der Waals surface area (Å²) in [4.78, 5) is 14.9. The summed E-state index contributed by atoms with van der Waals surface area (Å²) in [5, 5.41) is 11.1. The Balaban J connectivity index is 1.95. The summed E-state index contributed by atoms with van der Waals surface area (Å²) >= 11 is 4.85. The molecule has 1 fully saturated rings. The molecule has 1 heterocycles. The molecule has 1 aromatic heterocycles. The van der Waals surface area contributed by atoms with Crippen LogP contribution in [0.4, 0.5) is 0 Å². The van der Waals surface area contributed by atoms with E-state index in [9.17, 15) is 4.79 Å². The van der Waals surface area contributed by atoms with Crippen molar-refractivity contribution in [1.82, 2.24) is 4.90 Å². The number of aliphatic hydroxyl groups is 1. The summed E-state index contributed by atoms with van der Waals surface area (Å²) in [6.45, 7) is 0.280. The van der Waals surface area contributed by atoms with Gasteiger partial charge in [-0.1, -0.05) is 0 Å². The fourth-order valence-electron chi connectivity index (χ4n) is 2.48. The molecule has 100 valence electrons. The van der Waals surface area contributed by atoms with Gasteiger partial charge in [0.2, 0.25) is 0 Å². The van der Waals surface area contributed by atoms with Crippen molar-refractivity contribution in [2.45, 2.75) is 31.7 Å². The number of rotatable bonds is 3. The molecule has 0 radical (unpaired) electrons. The van der Waals surface area contributed by atoms with E-state index in [1.165, 1.54) is 11.3 Å². The maximum Gasteiger partial charge on any atom is 0.263 e. The Morgan fingerprint density at radius 3 is 2.67 bits per heavy atom. The lowest BCUT2D eigenvalue weighted by atomic mass is 9.86. The summed E-state index contributed by atoms with van der Waals surface area (Å²) in [6.07, 6.45) is 4.04. The van der Waals surface area contributed by atoms with Crippen LogP contribution in [0.1, 0.15) is 35.4 Å². The van der Waals surface area contributed by atoms with Crippen LogP contribution >= 0.6 is 27.3 Å². The van der Waals surface area contributed by atoms with Crippen molar-refractivity contribution < 1.29 is 9.90 Å². The van der Waals surface area contributed by atoms with Gasteiger partial charge in [0.25, 0.3) is 5.91 Å². The summed E-state index contributed by atoms with van der Waals surface area (Å²) in [5.41, 5.74) is 0. The van der Waals surface area contributed by atoms with E-state index in [0.29, 0.717) is 12.0 Å². The number of nitrogens with zero attached hydrogens (tertiary/aromatic N) is 1. The van der Waals surface area contributed by atoms with Crippen LogP contribution in [0.15, 0.2) is 15.9 Å². The Bertz CT molecular complexity index is 413. The van der Waals surface area contributed by atoms with Crippen LogP contribution in [0.2, 0.25) is 0 Å². The largest absolute Gasteiger partial charge is 0.396 e. The molecule has 0 unspecified atom stereocenters. The van der Waals surface area contributed by atoms with E-state index in [4.69, 9.17) is 5.11 Å². The molecule has 0 aromatic carbocycles. The van der Waals surface area contributed by atoms with E-state index in [-0.39, 0.29) is 12.5 Å². The molecule has 0 bridgehead atoms. The topological polar surface area (TPSA) is 40.5 Å². The Kier molecular flexibility index (Phi) is 4.81. The van der Waals surface area contributed by atoms with Crippen LogP contribution < -0.4 is 0 Å². The average Bonchev–Trinajstić information content (AvgIpc) is 2.84. The molecule has 3 nitrogen and oxygen atoms in total. The van der Waals surface area contributed by atoms with Crippen LogP contribution in [0, 0.1) is 5.92 Å². The van der Waals surface area contributed by atoms with E-state index in [2.05, 4.69) is 15.9 Å². The second-order valence-corrected chi connectivity index (χ2v) is 6.73. The second-order valence-electron chi connectivity index (χ2n) is 4.90. The first-order chi connectivity index (χ1) is 8.61. The molecule has 1 aromatic rings. The van der Waals surface area contributed by atoms with Gasteiger partial charge in [0.15, 0.2) is 0 Å². The molecule has 18 heavy (non-hydrogen) atoms. The van der Waals surface area contributed by atoms with Gasteiger partial charge in [0.1, 0.15) is 0 Å². The lowest BCUT2D eigenvalue weighted by molar-refractivity contribution is 0.0657. The first-order valence-corrected chi connectivity index (χ1v) is 7.91. The maximum absolute atomic E-state index is 12.3. The zero-order chi connectivity index (χ0) is 13.1. The Hall–Kier alpha value is -0.390. The molecule has 0 atom stereocenters. The maximum atomic E-state index is 12.3. The Morgan fingerprint density at radius 2 is 2.17 bits per heavy atom. The second kappa shape index (κ2) is 6.17. The molecule has 0 aliphatic heterocycles. The molecule has 0 spiro atoms. The first-order valence-electron chi connectivity index (χ1n) is 6.24. The molecule has 1 aliphatic carbocycles. The predicted molar refractivity (Wildman–Crippen MR) is 76.9 cm³/mol. The van der Waals surface area contributed by atoms with Gasteiger partial charge < -0.3 is 10.0 Å². The van der Waals surface area contributed by atoms with Gasteiger partial charge in [-0.2, -0.15) is 0 Å². The third-order valence-corrected chi connectivity index (χ3v) is 5.40. The standard InChI is InChI=1S/C13H18BrNO2S/c1-15(11-4-2-9(7-16)3-5-11)13(17)12-6-10(14)8-18-12/h6,8-9,11,16H,2-5,7H2,1H3. The van der Waals surface area contributed by atoms with Gasteiger partial charge in [0.05, 0.1) is 4.88 Å². The van der Waals surface area contributed by atoms with Crippen molar-refractivity contribution in [3.63, 3.8) is 0 Å². The number of hydrogen-bond donors (Lipinski definition) is 1. The Labute approximate surface area is 120 Å². The van der Waals surface area contributed by atoms with Crippen molar-refractivity contribution in [3.05, 3.63) is 20.8 Å². The number of hydrogen-bond acceptors (Lipinski definition) is 3. The normalized spacial score (nSPS) is 23.9. The fourth-order valence-corrected chi connectivity index (χ4v) is 3.89. The lowest BCUT2D eigenvalue weighted by Gasteiger charge is -2.33. The summed E-state index contributed by atoms with van der Waals surface area (Å²) in [7, 11) is 1.89. The van der Waals surface area contributed by atoms with Crippen LogP contribution in [0.25, 0.3) is 0 Å². The molecular formula is C13H18BrNO2S. The van der Waals surface area contributed by atoms with Gasteiger partial charge in [-0.3, -0.25) is 4.79 Å². The van der Waals surface area contributed by atoms with E-state index in [1.807, 2.05) is 23.4 Å². The highest BCUT2D eigenvalue weighted by Crippen LogP contribution is 2.28. The molecular weight excluding hydrogens is 314 g/mol. The van der Waals surface area contributed by atoms with Gasteiger partial charge in [-0.15, -0.1) is 11.3 Å². The molecule has 1 amide bonds. The quantitative estimate of drug-likeness (QED) is 0.924. The third-order valence-electron chi connectivity index (χ3n) is 3.72. The van der Waals surface area contributed by atoms with Crippen molar-refractivity contribution in [2.24, 2.45) is 5.92 Å². The van der Waals surface area contributed by atoms with Crippen molar-refractivity contribution >= 4 is 33.2 Å². The highest BCUT2D eigenvalue weighted by Gasteiger charge is 2.27. The van der Waals surface area contributed by atoms with Crippen molar-refractivity contribution in [1.29, 1.82) is 0 Å². The minimum Gasteiger partial charge on any atom is -0.396 e. The summed E-state index contributed by atoms with van der Waals surface area (Å²) in [6, 6.07) is 2.20. The molecule has 1 aliphatic rings. The van der Waals surface area contributed by atoms with E-state index in [1.54, 1.807) is 0 Å². The van der Waals surface area contributed by atoms with E-state index in [0.717, 1.165) is 35.0 Å². The fraction of sp³-hybridized carbons (Fsp3) is 0.615. The van der Waals surface area contributed by atoms with Crippen molar-refractivity contribution in [2.75, 3.05) is 13.7 Å². The van der Waals surface area contributed by atoms with Gasteiger partial charge in [-0.05, 0) is 53.6 Å². The van der Waals surface area contributed by atoms with Gasteiger partial charge in [0, 0.05) is 29.5 Å². The summed E-state index contributed by atoms with van der Waals surface area (Å²) in [5.74, 6) is 0.541. The van der Waals surface area contributed by atoms with Gasteiger partial charge >= 0.3 is 0 Å². The smallest absolute Gasteiger partial charge is 0.263 e. The SMILES string of the molecule is CN(C(=O)c1cc(Br)cs1)C1CCC(CO)CC1. The molecule has 1 saturated carbocycles. The molecule has 5 heteroatoms. The number of amides is 1. The zero-order valence-corrected chi connectivity index (χ0v) is 12.8. The van der Waals surface area contributed by atoms with E-state index < -0.39 is 0 Å². The minimum atomic E-state index is 0.109. The highest BCUT2D eigenvalue weighted by atomic mass is 79.9. The van der Waals surface area contributed by atoms with Crippen LogP contribution in [-0.4, -0.2) is 35.6 Å². The summed E-state index contributed by atoms with van der Waals surface area (Å²) < 4.78 is 0.966. The zero-order valence-electron chi connectivity index (χ0n) is 10.4. The number of aliphatic hydroxyl groups excluding tert-OH is 1. The Morgan fingerprint density at radius 1 is 1.50 bits per heavy atom.